The third-order valence-corrected chi connectivity index (χ3v) is 3.55. The smallest absolute Gasteiger partial charge is 0.313 e. The van der Waals surface area contributed by atoms with Gasteiger partial charge in [0.2, 0.25) is 0 Å². The molecule has 2 aromatic rings. The van der Waals surface area contributed by atoms with E-state index in [4.69, 9.17) is 4.74 Å². The molecule has 0 radical (unpaired) electrons. The standard InChI is InChI=1S/C19H22N2O3/c1-24-17-12-7-11-16(14-17)21-19(23)18(22)20-13-6-5-10-15-8-3-2-4-9-15/h2-4,7-9,11-12,14H,5-6,10,13H2,1H3,(H,20,22)(H,21,23). The number of hydrogen-bond acceptors (Lipinski definition) is 3. The van der Waals surface area contributed by atoms with Crippen LogP contribution in [0.4, 0.5) is 5.69 Å². The van der Waals surface area contributed by atoms with Crippen molar-refractivity contribution in [2.24, 2.45) is 0 Å². The van der Waals surface area contributed by atoms with E-state index in [9.17, 15) is 9.59 Å². The van der Waals surface area contributed by atoms with E-state index in [0.717, 1.165) is 19.3 Å². The number of ether oxygens (including phenoxy) is 1. The Morgan fingerprint density at radius 1 is 0.958 bits per heavy atom. The van der Waals surface area contributed by atoms with Gasteiger partial charge in [0.15, 0.2) is 0 Å². The lowest BCUT2D eigenvalue weighted by molar-refractivity contribution is -0.136. The van der Waals surface area contributed by atoms with Crippen LogP contribution in [0.15, 0.2) is 54.6 Å². The predicted molar refractivity (Wildman–Crippen MR) is 94.0 cm³/mol. The molecule has 2 rings (SSSR count). The van der Waals surface area contributed by atoms with Gasteiger partial charge in [-0.2, -0.15) is 0 Å². The Balaban J connectivity index is 1.67. The van der Waals surface area contributed by atoms with Crippen LogP contribution in [-0.2, 0) is 16.0 Å². The number of amides is 2. The van der Waals surface area contributed by atoms with Crippen LogP contribution in [0, 0.1) is 0 Å². The van der Waals surface area contributed by atoms with Crippen molar-refractivity contribution in [3.8, 4) is 5.75 Å². The van der Waals surface area contributed by atoms with E-state index in [0.29, 0.717) is 18.0 Å². The van der Waals surface area contributed by atoms with Gasteiger partial charge in [0.1, 0.15) is 5.75 Å². The first-order valence-corrected chi connectivity index (χ1v) is 7.96. The summed E-state index contributed by atoms with van der Waals surface area (Å²) in [5.41, 5.74) is 1.80. The summed E-state index contributed by atoms with van der Waals surface area (Å²) < 4.78 is 5.07. The molecule has 0 aromatic heterocycles. The number of aryl methyl sites for hydroxylation is 1. The normalized spacial score (nSPS) is 10.0. The second-order valence-electron chi connectivity index (χ2n) is 5.38. The first-order chi connectivity index (χ1) is 11.7. The fourth-order valence-corrected chi connectivity index (χ4v) is 2.27. The van der Waals surface area contributed by atoms with E-state index < -0.39 is 11.8 Å². The minimum absolute atomic E-state index is 0.483. The average molecular weight is 326 g/mol. The minimum atomic E-state index is -0.675. The number of carbonyl (C=O) groups excluding carboxylic acids is 2. The fourth-order valence-electron chi connectivity index (χ4n) is 2.27. The number of nitrogens with one attached hydrogen (secondary N) is 2. The van der Waals surface area contributed by atoms with E-state index in [1.807, 2.05) is 18.2 Å². The second kappa shape index (κ2) is 9.35. The lowest BCUT2D eigenvalue weighted by Gasteiger charge is -2.08. The van der Waals surface area contributed by atoms with Crippen LogP contribution >= 0.6 is 0 Å². The van der Waals surface area contributed by atoms with Gasteiger partial charge in [0, 0.05) is 18.3 Å². The summed E-state index contributed by atoms with van der Waals surface area (Å²) in [6.07, 6.45) is 2.75. The van der Waals surface area contributed by atoms with Crippen molar-refractivity contribution in [1.82, 2.24) is 5.32 Å². The highest BCUT2D eigenvalue weighted by atomic mass is 16.5. The van der Waals surface area contributed by atoms with Gasteiger partial charge < -0.3 is 15.4 Å². The fraction of sp³-hybridized carbons (Fsp3) is 0.263. The molecule has 126 valence electrons. The molecule has 2 amide bonds. The first-order valence-electron chi connectivity index (χ1n) is 7.96. The summed E-state index contributed by atoms with van der Waals surface area (Å²) in [5.74, 6) is -0.682. The zero-order chi connectivity index (χ0) is 17.2. The largest absolute Gasteiger partial charge is 0.497 e. The van der Waals surface area contributed by atoms with Crippen molar-refractivity contribution in [2.75, 3.05) is 19.0 Å². The number of hydrogen-bond donors (Lipinski definition) is 2. The Morgan fingerprint density at radius 3 is 2.50 bits per heavy atom. The third-order valence-electron chi connectivity index (χ3n) is 3.55. The molecule has 0 bridgehead atoms. The van der Waals surface area contributed by atoms with E-state index in [2.05, 4.69) is 22.8 Å². The van der Waals surface area contributed by atoms with Crippen molar-refractivity contribution in [2.45, 2.75) is 19.3 Å². The maximum atomic E-state index is 11.8. The van der Waals surface area contributed by atoms with Gasteiger partial charge in [0.05, 0.1) is 7.11 Å². The van der Waals surface area contributed by atoms with Crippen LogP contribution in [-0.4, -0.2) is 25.5 Å². The summed E-state index contributed by atoms with van der Waals surface area (Å²) in [5, 5.41) is 5.19. The molecule has 0 aliphatic carbocycles. The monoisotopic (exact) mass is 326 g/mol. The van der Waals surface area contributed by atoms with Crippen molar-refractivity contribution in [1.29, 1.82) is 0 Å². The molecule has 2 N–H and O–H groups in total. The van der Waals surface area contributed by atoms with E-state index >= 15 is 0 Å². The molecular formula is C19H22N2O3. The summed E-state index contributed by atoms with van der Waals surface area (Å²) in [4.78, 5) is 23.6. The Hall–Kier alpha value is -2.82. The molecule has 0 fully saturated rings. The van der Waals surface area contributed by atoms with E-state index in [1.54, 1.807) is 31.4 Å². The number of benzene rings is 2. The third kappa shape index (κ3) is 5.76. The van der Waals surface area contributed by atoms with Crippen LogP contribution in [0.25, 0.3) is 0 Å². The van der Waals surface area contributed by atoms with E-state index in [-0.39, 0.29) is 0 Å². The van der Waals surface area contributed by atoms with Crippen LogP contribution in [0.1, 0.15) is 18.4 Å². The summed E-state index contributed by atoms with van der Waals surface area (Å²) in [7, 11) is 1.54. The number of methoxy groups -OCH3 is 1. The van der Waals surface area contributed by atoms with Gasteiger partial charge in [-0.15, -0.1) is 0 Å². The zero-order valence-electron chi connectivity index (χ0n) is 13.7. The van der Waals surface area contributed by atoms with Gasteiger partial charge in [0.25, 0.3) is 0 Å². The highest BCUT2D eigenvalue weighted by molar-refractivity contribution is 6.39. The summed E-state index contributed by atoms with van der Waals surface area (Å²) >= 11 is 0. The molecule has 2 aromatic carbocycles. The highest BCUT2D eigenvalue weighted by Gasteiger charge is 2.13. The maximum absolute atomic E-state index is 11.8. The van der Waals surface area contributed by atoms with Crippen molar-refractivity contribution in [3.05, 3.63) is 60.2 Å². The molecular weight excluding hydrogens is 304 g/mol. The van der Waals surface area contributed by atoms with Gasteiger partial charge in [-0.3, -0.25) is 9.59 Å². The molecule has 24 heavy (non-hydrogen) atoms. The average Bonchev–Trinajstić information content (AvgIpc) is 2.62. The number of anilines is 1. The van der Waals surface area contributed by atoms with Gasteiger partial charge in [-0.25, -0.2) is 0 Å². The summed E-state index contributed by atoms with van der Waals surface area (Å²) in [6, 6.07) is 17.1. The Kier molecular flexibility index (Phi) is 6.83. The molecule has 0 aliphatic heterocycles. The van der Waals surface area contributed by atoms with Gasteiger partial charge in [-0.1, -0.05) is 36.4 Å². The van der Waals surface area contributed by atoms with Gasteiger partial charge >= 0.3 is 11.8 Å². The summed E-state index contributed by atoms with van der Waals surface area (Å²) in [6.45, 7) is 0.483. The lowest BCUT2D eigenvalue weighted by Crippen LogP contribution is -2.35. The second-order valence-corrected chi connectivity index (χ2v) is 5.38. The molecule has 0 heterocycles. The predicted octanol–water partition coefficient (Wildman–Crippen LogP) is 2.77. The van der Waals surface area contributed by atoms with Crippen molar-refractivity contribution >= 4 is 17.5 Å². The Bertz CT molecular complexity index is 671. The molecule has 0 atom stereocenters. The Morgan fingerprint density at radius 2 is 1.75 bits per heavy atom. The van der Waals surface area contributed by atoms with Crippen LogP contribution in [0.3, 0.4) is 0 Å². The number of carbonyl (C=O) groups is 2. The van der Waals surface area contributed by atoms with E-state index in [1.165, 1.54) is 5.56 Å². The lowest BCUT2D eigenvalue weighted by atomic mass is 10.1. The zero-order valence-corrected chi connectivity index (χ0v) is 13.7. The molecule has 5 heteroatoms. The highest BCUT2D eigenvalue weighted by Crippen LogP contribution is 2.16. The quantitative estimate of drug-likeness (QED) is 0.607. The SMILES string of the molecule is COc1cccc(NC(=O)C(=O)NCCCCc2ccccc2)c1. The van der Waals surface area contributed by atoms with Crippen LogP contribution in [0.2, 0.25) is 0 Å². The molecule has 0 saturated carbocycles. The first kappa shape index (κ1) is 17.5. The van der Waals surface area contributed by atoms with Crippen LogP contribution in [0.5, 0.6) is 5.75 Å². The molecule has 0 aliphatic rings. The maximum Gasteiger partial charge on any atom is 0.313 e. The van der Waals surface area contributed by atoms with Crippen LogP contribution < -0.4 is 15.4 Å². The molecule has 5 nitrogen and oxygen atoms in total. The molecule has 0 saturated heterocycles. The van der Waals surface area contributed by atoms with Crippen molar-refractivity contribution in [3.63, 3.8) is 0 Å². The number of unbranched alkanes of at least 4 members (excludes halogenated alkanes) is 1. The molecule has 0 unspecified atom stereocenters. The Labute approximate surface area is 142 Å². The topological polar surface area (TPSA) is 67.4 Å². The minimum Gasteiger partial charge on any atom is -0.497 e. The number of rotatable bonds is 7. The molecule has 0 spiro atoms. The van der Waals surface area contributed by atoms with Crippen molar-refractivity contribution < 1.29 is 14.3 Å². The van der Waals surface area contributed by atoms with Gasteiger partial charge in [-0.05, 0) is 37.0 Å².